The zero-order valence-electron chi connectivity index (χ0n) is 14.7. The highest BCUT2D eigenvalue weighted by atomic mass is 16.6. The first-order chi connectivity index (χ1) is 10.3. The number of hydrogen-bond acceptors (Lipinski definition) is 4. The Bertz CT molecular complexity index is 373. The van der Waals surface area contributed by atoms with E-state index >= 15 is 0 Å². The topological polar surface area (TPSA) is 58.8 Å². The van der Waals surface area contributed by atoms with Crippen LogP contribution in [0.2, 0.25) is 0 Å². The lowest BCUT2D eigenvalue weighted by Gasteiger charge is -2.45. The molecule has 1 unspecified atom stereocenters. The van der Waals surface area contributed by atoms with Crippen molar-refractivity contribution >= 4 is 6.09 Å². The van der Waals surface area contributed by atoms with E-state index in [0.29, 0.717) is 17.9 Å². The minimum absolute atomic E-state index is 0.166. The van der Waals surface area contributed by atoms with Gasteiger partial charge in [-0.3, -0.25) is 4.90 Å². The summed E-state index contributed by atoms with van der Waals surface area (Å²) in [5, 5.41) is 0. The Morgan fingerprint density at radius 3 is 2.36 bits per heavy atom. The molecule has 5 nitrogen and oxygen atoms in total. The summed E-state index contributed by atoms with van der Waals surface area (Å²) in [6.45, 7) is 9.08. The van der Waals surface area contributed by atoms with Crippen molar-refractivity contribution < 1.29 is 9.53 Å². The Morgan fingerprint density at radius 2 is 1.82 bits per heavy atom. The fourth-order valence-electron chi connectivity index (χ4n) is 3.71. The summed E-state index contributed by atoms with van der Waals surface area (Å²) in [5.41, 5.74) is 5.37. The lowest BCUT2D eigenvalue weighted by Crippen LogP contribution is -2.57. The molecule has 1 heterocycles. The Balaban J connectivity index is 1.92. The number of ether oxygens (including phenoxy) is 1. The minimum atomic E-state index is -0.422. The molecule has 2 rings (SSSR count). The van der Waals surface area contributed by atoms with Crippen molar-refractivity contribution in [3.63, 3.8) is 0 Å². The molecule has 0 aromatic heterocycles. The molecule has 1 aliphatic heterocycles. The van der Waals surface area contributed by atoms with E-state index in [1.54, 1.807) is 0 Å². The number of amides is 1. The maximum atomic E-state index is 12.3. The van der Waals surface area contributed by atoms with Crippen LogP contribution in [0, 0.1) is 11.8 Å². The van der Waals surface area contributed by atoms with Crippen LogP contribution in [0.25, 0.3) is 0 Å². The maximum Gasteiger partial charge on any atom is 0.410 e. The largest absolute Gasteiger partial charge is 0.444 e. The maximum absolute atomic E-state index is 12.3. The average Bonchev–Trinajstić information content (AvgIpc) is 2.46. The van der Waals surface area contributed by atoms with Gasteiger partial charge in [-0.15, -0.1) is 0 Å². The highest BCUT2D eigenvalue weighted by Gasteiger charge is 2.36. The van der Waals surface area contributed by atoms with Crippen LogP contribution in [0.4, 0.5) is 4.79 Å². The number of piperazine rings is 1. The number of rotatable bonds is 2. The normalized spacial score (nSPS) is 31.1. The highest BCUT2D eigenvalue weighted by Crippen LogP contribution is 2.33. The molecule has 1 saturated heterocycles. The van der Waals surface area contributed by atoms with Crippen molar-refractivity contribution in [3.8, 4) is 0 Å². The molecule has 128 valence electrons. The van der Waals surface area contributed by atoms with Gasteiger partial charge in [0.2, 0.25) is 0 Å². The van der Waals surface area contributed by atoms with Gasteiger partial charge in [0, 0.05) is 25.7 Å². The SMILES string of the molecule is CN1CCN(C(=O)OC(C)(C)C)CC1C1CCC(CN)CC1. The number of carbonyl (C=O) groups is 1. The third-order valence-corrected chi connectivity index (χ3v) is 5.12. The van der Waals surface area contributed by atoms with Crippen LogP contribution in [0.1, 0.15) is 46.5 Å². The van der Waals surface area contributed by atoms with Crippen molar-refractivity contribution in [2.75, 3.05) is 33.2 Å². The van der Waals surface area contributed by atoms with Gasteiger partial charge in [-0.05, 0) is 71.9 Å². The Morgan fingerprint density at radius 1 is 1.18 bits per heavy atom. The van der Waals surface area contributed by atoms with E-state index in [-0.39, 0.29) is 6.09 Å². The van der Waals surface area contributed by atoms with Crippen LogP contribution < -0.4 is 5.73 Å². The first-order valence-corrected chi connectivity index (χ1v) is 8.68. The second-order valence-electron chi connectivity index (χ2n) is 7.99. The van der Waals surface area contributed by atoms with Gasteiger partial charge in [-0.2, -0.15) is 0 Å². The Kier molecular flexibility index (Phi) is 5.72. The van der Waals surface area contributed by atoms with Crippen molar-refractivity contribution in [1.29, 1.82) is 0 Å². The molecule has 2 fully saturated rings. The van der Waals surface area contributed by atoms with Crippen LogP contribution in [0.5, 0.6) is 0 Å². The first kappa shape index (κ1) is 17.5. The van der Waals surface area contributed by atoms with Gasteiger partial charge in [0.1, 0.15) is 5.60 Å². The number of likely N-dealkylation sites (N-methyl/N-ethyl adjacent to an activating group) is 1. The van der Waals surface area contributed by atoms with Crippen molar-refractivity contribution in [3.05, 3.63) is 0 Å². The quantitative estimate of drug-likeness (QED) is 0.850. The smallest absolute Gasteiger partial charge is 0.410 e. The van der Waals surface area contributed by atoms with E-state index in [0.717, 1.165) is 26.2 Å². The van der Waals surface area contributed by atoms with E-state index < -0.39 is 5.60 Å². The summed E-state index contributed by atoms with van der Waals surface area (Å²) in [4.78, 5) is 16.6. The zero-order valence-corrected chi connectivity index (χ0v) is 14.7. The molecule has 2 N–H and O–H groups in total. The lowest BCUT2D eigenvalue weighted by molar-refractivity contribution is -0.00365. The van der Waals surface area contributed by atoms with Gasteiger partial charge in [0.05, 0.1) is 0 Å². The van der Waals surface area contributed by atoms with Gasteiger partial charge in [-0.1, -0.05) is 0 Å². The van der Waals surface area contributed by atoms with Gasteiger partial charge in [-0.25, -0.2) is 4.79 Å². The van der Waals surface area contributed by atoms with Crippen molar-refractivity contribution in [2.24, 2.45) is 17.6 Å². The number of nitrogens with zero attached hydrogens (tertiary/aromatic N) is 2. The molecular weight excluding hydrogens is 278 g/mol. The third-order valence-electron chi connectivity index (χ3n) is 5.12. The second kappa shape index (κ2) is 7.18. The number of hydrogen-bond donors (Lipinski definition) is 1. The Hall–Kier alpha value is -0.810. The van der Waals surface area contributed by atoms with E-state index in [2.05, 4.69) is 11.9 Å². The summed E-state index contributed by atoms with van der Waals surface area (Å²) in [5.74, 6) is 1.38. The van der Waals surface area contributed by atoms with E-state index in [1.807, 2.05) is 25.7 Å². The second-order valence-corrected chi connectivity index (χ2v) is 7.99. The van der Waals surface area contributed by atoms with Gasteiger partial charge < -0.3 is 15.4 Å². The van der Waals surface area contributed by atoms with E-state index in [9.17, 15) is 4.79 Å². The van der Waals surface area contributed by atoms with Crippen LogP contribution in [0.3, 0.4) is 0 Å². The molecule has 0 bridgehead atoms. The lowest BCUT2D eigenvalue weighted by atomic mass is 9.77. The summed E-state index contributed by atoms with van der Waals surface area (Å²) < 4.78 is 5.53. The van der Waals surface area contributed by atoms with Crippen LogP contribution in [-0.2, 0) is 4.74 Å². The fourth-order valence-corrected chi connectivity index (χ4v) is 3.71. The molecule has 0 aromatic rings. The molecule has 1 aliphatic carbocycles. The predicted molar refractivity (Wildman–Crippen MR) is 88.7 cm³/mol. The molecule has 0 aromatic carbocycles. The van der Waals surface area contributed by atoms with Crippen molar-refractivity contribution in [1.82, 2.24) is 9.80 Å². The molecular formula is C17H33N3O2. The van der Waals surface area contributed by atoms with E-state index in [4.69, 9.17) is 10.5 Å². The summed E-state index contributed by atoms with van der Waals surface area (Å²) in [6.07, 6.45) is 4.77. The summed E-state index contributed by atoms with van der Waals surface area (Å²) >= 11 is 0. The first-order valence-electron chi connectivity index (χ1n) is 8.68. The third kappa shape index (κ3) is 4.59. The van der Waals surface area contributed by atoms with Crippen LogP contribution >= 0.6 is 0 Å². The van der Waals surface area contributed by atoms with Gasteiger partial charge in [0.15, 0.2) is 0 Å². The molecule has 0 spiro atoms. The standard InChI is InChI=1S/C17H33N3O2/c1-17(2,3)22-16(21)20-10-9-19(4)15(12-20)14-7-5-13(11-18)6-8-14/h13-15H,5-12,18H2,1-4H3. The fraction of sp³-hybridized carbons (Fsp3) is 0.941. The minimum Gasteiger partial charge on any atom is -0.444 e. The Labute approximate surface area is 135 Å². The van der Waals surface area contributed by atoms with Crippen LogP contribution in [0.15, 0.2) is 0 Å². The molecule has 2 aliphatic rings. The molecule has 5 heteroatoms. The molecule has 22 heavy (non-hydrogen) atoms. The molecule has 1 atom stereocenters. The van der Waals surface area contributed by atoms with Gasteiger partial charge in [0.25, 0.3) is 0 Å². The molecule has 1 amide bonds. The monoisotopic (exact) mass is 311 g/mol. The van der Waals surface area contributed by atoms with E-state index in [1.165, 1.54) is 25.7 Å². The predicted octanol–water partition coefficient (Wildman–Crippen LogP) is 2.30. The average molecular weight is 311 g/mol. The highest BCUT2D eigenvalue weighted by molar-refractivity contribution is 5.68. The number of carbonyl (C=O) groups excluding carboxylic acids is 1. The van der Waals surface area contributed by atoms with Crippen LogP contribution in [-0.4, -0.2) is 60.8 Å². The number of nitrogens with two attached hydrogens (primary N) is 1. The summed E-state index contributed by atoms with van der Waals surface area (Å²) in [7, 11) is 2.19. The molecule has 0 radical (unpaired) electrons. The van der Waals surface area contributed by atoms with Crippen molar-refractivity contribution in [2.45, 2.75) is 58.1 Å². The summed E-state index contributed by atoms with van der Waals surface area (Å²) in [6, 6.07) is 0.458. The molecule has 1 saturated carbocycles. The van der Waals surface area contributed by atoms with Gasteiger partial charge >= 0.3 is 6.09 Å². The zero-order chi connectivity index (χ0) is 16.3.